The Kier molecular flexibility index (Phi) is 5.66. The molecule has 7 heteroatoms. The maximum Gasteiger partial charge on any atom is 0.178 e. The van der Waals surface area contributed by atoms with Crippen molar-refractivity contribution in [2.45, 2.75) is 12.8 Å². The van der Waals surface area contributed by atoms with Crippen molar-refractivity contribution in [1.82, 2.24) is 30.1 Å². The zero-order chi connectivity index (χ0) is 26.2. The molecule has 4 heterocycles. The lowest BCUT2D eigenvalue weighted by Gasteiger charge is -2.06. The Morgan fingerprint density at radius 2 is 1.64 bits per heavy atom. The number of fused-ring (bicyclic) bond motifs is 2. The minimum absolute atomic E-state index is 0.290. The number of aromatic amines is 2. The Hall–Kier alpha value is -5.17. The van der Waals surface area contributed by atoms with Gasteiger partial charge in [-0.2, -0.15) is 5.10 Å². The summed E-state index contributed by atoms with van der Waals surface area (Å²) in [5.74, 6) is 0.307. The number of nitrogens with one attached hydrogen (secondary N) is 2. The summed E-state index contributed by atoms with van der Waals surface area (Å²) in [7, 11) is 0. The molecule has 6 nitrogen and oxygen atoms in total. The molecule has 2 N–H and O–H groups in total. The van der Waals surface area contributed by atoms with Gasteiger partial charge in [0.2, 0.25) is 0 Å². The van der Waals surface area contributed by atoms with Crippen molar-refractivity contribution >= 4 is 22.1 Å². The second kappa shape index (κ2) is 9.61. The Bertz CT molecular complexity index is 1940. The topological polar surface area (TPSA) is 83.1 Å². The summed E-state index contributed by atoms with van der Waals surface area (Å²) in [6.45, 7) is 0. The second-order valence-electron chi connectivity index (χ2n) is 9.55. The lowest BCUT2D eigenvalue weighted by Crippen LogP contribution is -1.93. The van der Waals surface area contributed by atoms with Gasteiger partial charge in [0.25, 0.3) is 0 Å². The molecule has 0 atom stereocenters. The van der Waals surface area contributed by atoms with Gasteiger partial charge in [0.05, 0.1) is 11.0 Å². The summed E-state index contributed by atoms with van der Waals surface area (Å²) in [5.41, 5.74) is 9.08. The first-order valence-electron chi connectivity index (χ1n) is 12.8. The van der Waals surface area contributed by atoms with E-state index in [0.29, 0.717) is 17.2 Å². The number of rotatable bonds is 6. The van der Waals surface area contributed by atoms with E-state index in [-0.39, 0.29) is 5.82 Å². The average Bonchev–Trinajstić information content (AvgIpc) is 3.60. The standard InChI is InChI=1S/C32H23FN6/c33-25-8-4-7-23(16-25)26-13-14-35-31-29(26)36-32(37-31)30-27-17-22(11-12-28(27)38-39-30)24-15-21(18-34-19-24)10-9-20-5-2-1-3-6-20/h1-8,11-19H,9-10H2,(H,38,39)(H,35,36,37). The molecular formula is C32H23FN6. The lowest BCUT2D eigenvalue weighted by atomic mass is 10.0. The summed E-state index contributed by atoms with van der Waals surface area (Å²) in [5, 5.41) is 8.63. The van der Waals surface area contributed by atoms with Crippen molar-refractivity contribution in [3.05, 3.63) is 120 Å². The molecule has 0 saturated carbocycles. The van der Waals surface area contributed by atoms with Crippen LogP contribution in [0.5, 0.6) is 0 Å². The van der Waals surface area contributed by atoms with Crippen LogP contribution >= 0.6 is 0 Å². The van der Waals surface area contributed by atoms with Crippen molar-refractivity contribution in [3.63, 3.8) is 0 Å². The molecule has 0 aliphatic heterocycles. The van der Waals surface area contributed by atoms with Crippen molar-refractivity contribution < 1.29 is 4.39 Å². The fraction of sp³-hybridized carbons (Fsp3) is 0.0625. The van der Waals surface area contributed by atoms with E-state index in [2.05, 4.69) is 67.6 Å². The average molecular weight is 511 g/mol. The number of halogens is 1. The van der Waals surface area contributed by atoms with E-state index < -0.39 is 0 Å². The number of H-pyrrole nitrogens is 2. The molecule has 7 rings (SSSR count). The summed E-state index contributed by atoms with van der Waals surface area (Å²) in [6.07, 6.45) is 7.40. The smallest absolute Gasteiger partial charge is 0.178 e. The van der Waals surface area contributed by atoms with Crippen LogP contribution in [-0.2, 0) is 12.8 Å². The molecule has 0 bridgehead atoms. The van der Waals surface area contributed by atoms with Gasteiger partial charge in [0.15, 0.2) is 11.5 Å². The zero-order valence-corrected chi connectivity index (χ0v) is 20.9. The highest BCUT2D eigenvalue weighted by Crippen LogP contribution is 2.32. The van der Waals surface area contributed by atoms with Gasteiger partial charge in [-0.05, 0) is 71.5 Å². The highest BCUT2D eigenvalue weighted by molar-refractivity contribution is 5.97. The van der Waals surface area contributed by atoms with E-state index in [4.69, 9.17) is 4.98 Å². The van der Waals surface area contributed by atoms with Crippen molar-refractivity contribution in [2.75, 3.05) is 0 Å². The van der Waals surface area contributed by atoms with Crippen LogP contribution < -0.4 is 0 Å². The summed E-state index contributed by atoms with van der Waals surface area (Å²) in [4.78, 5) is 17.1. The predicted octanol–water partition coefficient (Wildman–Crippen LogP) is 7.15. The molecule has 188 valence electrons. The van der Waals surface area contributed by atoms with Crippen LogP contribution in [0.25, 0.3) is 55.8 Å². The Labute approximate surface area is 223 Å². The SMILES string of the molecule is Fc1cccc(-c2ccnc3nc(-c4n[nH]c5ccc(-c6cncc(CCc7ccccc7)c6)cc45)[nH]c23)c1. The molecule has 39 heavy (non-hydrogen) atoms. The van der Waals surface area contributed by atoms with Gasteiger partial charge in [0, 0.05) is 35.1 Å². The van der Waals surface area contributed by atoms with E-state index >= 15 is 0 Å². The van der Waals surface area contributed by atoms with Gasteiger partial charge in [-0.3, -0.25) is 10.1 Å². The van der Waals surface area contributed by atoms with E-state index in [1.807, 2.05) is 36.7 Å². The number of imidazole rings is 1. The van der Waals surface area contributed by atoms with Crippen molar-refractivity contribution in [2.24, 2.45) is 0 Å². The number of aryl methyl sites for hydroxylation is 2. The highest BCUT2D eigenvalue weighted by Gasteiger charge is 2.16. The van der Waals surface area contributed by atoms with Crippen LogP contribution in [0.1, 0.15) is 11.1 Å². The summed E-state index contributed by atoms with van der Waals surface area (Å²) >= 11 is 0. The minimum Gasteiger partial charge on any atom is -0.335 e. The Morgan fingerprint density at radius 3 is 2.54 bits per heavy atom. The molecule has 7 aromatic rings. The maximum atomic E-state index is 13.9. The predicted molar refractivity (Wildman–Crippen MR) is 151 cm³/mol. The number of hydrogen-bond acceptors (Lipinski definition) is 4. The van der Waals surface area contributed by atoms with E-state index in [0.717, 1.165) is 51.5 Å². The lowest BCUT2D eigenvalue weighted by molar-refractivity contribution is 0.628. The van der Waals surface area contributed by atoms with E-state index in [1.54, 1.807) is 12.3 Å². The third kappa shape index (κ3) is 4.44. The monoisotopic (exact) mass is 510 g/mol. The van der Waals surface area contributed by atoms with Crippen LogP contribution in [-0.4, -0.2) is 30.1 Å². The quantitative estimate of drug-likeness (QED) is 0.249. The number of aromatic nitrogens is 6. The minimum atomic E-state index is -0.290. The summed E-state index contributed by atoms with van der Waals surface area (Å²) < 4.78 is 13.9. The maximum absolute atomic E-state index is 13.9. The van der Waals surface area contributed by atoms with Gasteiger partial charge in [0.1, 0.15) is 11.5 Å². The first-order valence-corrected chi connectivity index (χ1v) is 12.8. The fourth-order valence-corrected chi connectivity index (χ4v) is 5.01. The number of pyridine rings is 2. The second-order valence-corrected chi connectivity index (χ2v) is 9.55. The van der Waals surface area contributed by atoms with E-state index in [1.165, 1.54) is 23.3 Å². The number of nitrogens with zero attached hydrogens (tertiary/aromatic N) is 4. The molecule has 0 spiro atoms. The fourth-order valence-electron chi connectivity index (χ4n) is 5.01. The molecule has 0 aliphatic carbocycles. The Morgan fingerprint density at radius 1 is 0.744 bits per heavy atom. The first-order chi connectivity index (χ1) is 19.2. The molecular weight excluding hydrogens is 487 g/mol. The van der Waals surface area contributed by atoms with Gasteiger partial charge >= 0.3 is 0 Å². The summed E-state index contributed by atoms with van der Waals surface area (Å²) in [6, 6.07) is 27.3. The van der Waals surface area contributed by atoms with Gasteiger partial charge in [-0.25, -0.2) is 14.4 Å². The number of benzene rings is 3. The van der Waals surface area contributed by atoms with Crippen LogP contribution in [0.15, 0.2) is 104 Å². The van der Waals surface area contributed by atoms with E-state index in [9.17, 15) is 4.39 Å². The molecule has 4 aromatic heterocycles. The van der Waals surface area contributed by atoms with Gasteiger partial charge < -0.3 is 4.98 Å². The molecule has 0 unspecified atom stereocenters. The molecule has 0 saturated heterocycles. The van der Waals surface area contributed by atoms with Crippen LogP contribution in [0, 0.1) is 5.82 Å². The van der Waals surface area contributed by atoms with Crippen molar-refractivity contribution in [1.29, 1.82) is 0 Å². The molecule has 0 aliphatic rings. The third-order valence-corrected chi connectivity index (χ3v) is 6.99. The van der Waals surface area contributed by atoms with Crippen LogP contribution in [0.2, 0.25) is 0 Å². The molecule has 0 radical (unpaired) electrons. The first kappa shape index (κ1) is 23.0. The van der Waals surface area contributed by atoms with Crippen LogP contribution in [0.4, 0.5) is 4.39 Å². The highest BCUT2D eigenvalue weighted by atomic mass is 19.1. The largest absolute Gasteiger partial charge is 0.335 e. The van der Waals surface area contributed by atoms with Crippen LogP contribution in [0.3, 0.4) is 0 Å². The van der Waals surface area contributed by atoms with Gasteiger partial charge in [-0.15, -0.1) is 0 Å². The van der Waals surface area contributed by atoms with Gasteiger partial charge in [-0.1, -0.05) is 48.5 Å². The van der Waals surface area contributed by atoms with Crippen molar-refractivity contribution in [3.8, 4) is 33.8 Å². The molecule has 0 amide bonds. The zero-order valence-electron chi connectivity index (χ0n) is 20.9. The molecule has 0 fully saturated rings. The number of hydrogen-bond donors (Lipinski definition) is 2. The third-order valence-electron chi connectivity index (χ3n) is 6.99. The molecule has 3 aromatic carbocycles. The Balaban J connectivity index is 1.24. The normalized spacial score (nSPS) is 11.4.